The van der Waals surface area contributed by atoms with Crippen LogP contribution in [0.2, 0.25) is 10.0 Å². The van der Waals surface area contributed by atoms with Gasteiger partial charge in [0.1, 0.15) is 0 Å². The van der Waals surface area contributed by atoms with E-state index in [1.54, 1.807) is 18.2 Å². The Hall–Kier alpha value is -1.93. The van der Waals surface area contributed by atoms with E-state index in [2.05, 4.69) is 10.3 Å². The fraction of sp³-hybridized carbons (Fsp3) is 0.0556. The third kappa shape index (κ3) is 3.36. The summed E-state index contributed by atoms with van der Waals surface area (Å²) in [4.78, 5) is 28.4. The van der Waals surface area contributed by atoms with E-state index in [0.29, 0.717) is 15.0 Å². The largest absolute Gasteiger partial charge is 0.290 e. The van der Waals surface area contributed by atoms with Gasteiger partial charge in [-0.05, 0) is 47.9 Å². The van der Waals surface area contributed by atoms with Crippen LogP contribution in [-0.4, -0.2) is 27.0 Å². The van der Waals surface area contributed by atoms with Gasteiger partial charge in [-0.2, -0.15) is 0 Å². The van der Waals surface area contributed by atoms with Crippen molar-refractivity contribution < 1.29 is 9.59 Å². The summed E-state index contributed by atoms with van der Waals surface area (Å²) < 4.78 is 1.97. The van der Waals surface area contributed by atoms with Crippen molar-refractivity contribution in [1.29, 1.82) is 0 Å². The van der Waals surface area contributed by atoms with Crippen LogP contribution in [0.1, 0.15) is 5.56 Å². The van der Waals surface area contributed by atoms with Crippen molar-refractivity contribution in [2.45, 2.75) is 5.16 Å². The lowest BCUT2D eigenvalue weighted by atomic mass is 10.1. The number of hydrogen-bond acceptors (Lipinski definition) is 5. The normalized spacial score (nSPS) is 15.7. The van der Waals surface area contributed by atoms with Gasteiger partial charge in [-0.1, -0.05) is 53.2 Å². The van der Waals surface area contributed by atoms with Gasteiger partial charge in [-0.3, -0.25) is 19.5 Å². The van der Waals surface area contributed by atoms with Crippen molar-refractivity contribution in [3.8, 4) is 5.69 Å². The van der Waals surface area contributed by atoms with E-state index in [4.69, 9.17) is 23.2 Å². The highest BCUT2D eigenvalue weighted by molar-refractivity contribution is 8.18. The Morgan fingerprint density at radius 1 is 1.19 bits per heavy atom. The van der Waals surface area contributed by atoms with Crippen LogP contribution in [0.4, 0.5) is 4.79 Å². The first kappa shape index (κ1) is 18.4. The predicted octanol–water partition coefficient (Wildman–Crippen LogP) is 5.38. The van der Waals surface area contributed by atoms with Gasteiger partial charge in [0.25, 0.3) is 11.1 Å². The van der Waals surface area contributed by atoms with Gasteiger partial charge < -0.3 is 0 Å². The molecule has 9 heteroatoms. The highest BCUT2D eigenvalue weighted by Gasteiger charge is 2.25. The number of nitrogens with zero attached hydrogens (tertiary/aromatic N) is 2. The lowest BCUT2D eigenvalue weighted by Gasteiger charge is -2.12. The van der Waals surface area contributed by atoms with Crippen molar-refractivity contribution in [1.82, 2.24) is 14.9 Å². The van der Waals surface area contributed by atoms with Crippen LogP contribution in [0, 0.1) is 0 Å². The lowest BCUT2D eigenvalue weighted by Crippen LogP contribution is -2.17. The van der Waals surface area contributed by atoms with E-state index in [1.807, 2.05) is 35.1 Å². The molecule has 5 nitrogen and oxygen atoms in total. The number of amides is 2. The number of fused-ring (bicyclic) bond motifs is 1. The molecule has 2 amide bonds. The zero-order valence-electron chi connectivity index (χ0n) is 13.8. The zero-order chi connectivity index (χ0) is 19.1. The molecule has 1 fully saturated rings. The molecule has 0 aliphatic carbocycles. The Labute approximate surface area is 173 Å². The lowest BCUT2D eigenvalue weighted by molar-refractivity contribution is -0.115. The number of thioether (sulfide) groups is 2. The van der Waals surface area contributed by atoms with E-state index < -0.39 is 5.91 Å². The number of rotatable bonds is 3. The number of imidazole rings is 1. The maximum atomic E-state index is 11.9. The van der Waals surface area contributed by atoms with E-state index in [1.165, 1.54) is 11.8 Å². The summed E-state index contributed by atoms with van der Waals surface area (Å²) in [6, 6.07) is 11.1. The molecule has 0 spiro atoms. The summed E-state index contributed by atoms with van der Waals surface area (Å²) in [5.74, 6) is -0.393. The van der Waals surface area contributed by atoms with Crippen LogP contribution in [0.5, 0.6) is 0 Å². The zero-order valence-corrected chi connectivity index (χ0v) is 17.0. The van der Waals surface area contributed by atoms with Crippen molar-refractivity contribution in [2.75, 3.05) is 6.26 Å². The summed E-state index contributed by atoms with van der Waals surface area (Å²) in [5.41, 5.74) is 3.13. The van der Waals surface area contributed by atoms with E-state index >= 15 is 0 Å². The first-order valence-corrected chi connectivity index (χ1v) is 10.5. The second-order valence-electron chi connectivity index (χ2n) is 5.60. The van der Waals surface area contributed by atoms with Crippen molar-refractivity contribution in [3.05, 3.63) is 56.9 Å². The smallest absolute Gasteiger partial charge is 0.287 e. The quantitative estimate of drug-likeness (QED) is 0.441. The minimum absolute atomic E-state index is 0.351. The van der Waals surface area contributed by atoms with Crippen molar-refractivity contribution in [3.63, 3.8) is 0 Å². The van der Waals surface area contributed by atoms with Crippen LogP contribution in [0.15, 0.2) is 46.5 Å². The maximum Gasteiger partial charge on any atom is 0.290 e. The molecular formula is C18H11Cl2N3O2S2. The Kier molecular flexibility index (Phi) is 4.94. The molecule has 0 radical (unpaired) electrons. The van der Waals surface area contributed by atoms with Crippen LogP contribution < -0.4 is 5.32 Å². The van der Waals surface area contributed by atoms with Gasteiger partial charge in [-0.25, -0.2) is 4.98 Å². The molecule has 1 N–H and O–H groups in total. The highest BCUT2D eigenvalue weighted by atomic mass is 35.5. The molecular weight excluding hydrogens is 425 g/mol. The van der Waals surface area contributed by atoms with Gasteiger partial charge in [0, 0.05) is 0 Å². The third-order valence-electron chi connectivity index (χ3n) is 3.95. The first-order valence-electron chi connectivity index (χ1n) is 7.73. The molecule has 2 heterocycles. The summed E-state index contributed by atoms with van der Waals surface area (Å²) in [6.07, 6.45) is 3.63. The minimum Gasteiger partial charge on any atom is -0.287 e. The molecule has 136 valence electrons. The first-order chi connectivity index (χ1) is 13.0. The SMILES string of the molecule is CSc1nc2cc(Cl)c(Cl)cc2n1-c1ccccc1C=C1SC(=O)NC1=O. The number of carbonyl (C=O) groups excluding carboxylic acids is 2. The van der Waals surface area contributed by atoms with Gasteiger partial charge in [0.2, 0.25) is 0 Å². The number of benzene rings is 2. The molecule has 0 atom stereocenters. The van der Waals surface area contributed by atoms with Crippen LogP contribution in [0.3, 0.4) is 0 Å². The number of aromatic nitrogens is 2. The molecule has 27 heavy (non-hydrogen) atoms. The molecule has 0 bridgehead atoms. The number of carbonyl (C=O) groups is 2. The summed E-state index contributed by atoms with van der Waals surface area (Å²) in [6.45, 7) is 0. The monoisotopic (exact) mass is 435 g/mol. The van der Waals surface area contributed by atoms with E-state index in [9.17, 15) is 9.59 Å². The molecule has 1 aromatic heterocycles. The molecule has 2 aromatic carbocycles. The molecule has 0 saturated carbocycles. The number of nitrogens with one attached hydrogen (secondary N) is 1. The number of hydrogen-bond donors (Lipinski definition) is 1. The molecule has 3 aromatic rings. The number of imide groups is 1. The van der Waals surface area contributed by atoms with Gasteiger partial charge >= 0.3 is 0 Å². The topological polar surface area (TPSA) is 64.0 Å². The molecule has 4 rings (SSSR count). The fourth-order valence-electron chi connectivity index (χ4n) is 2.80. The van der Waals surface area contributed by atoms with Gasteiger partial charge in [-0.15, -0.1) is 0 Å². The number of para-hydroxylation sites is 1. The van der Waals surface area contributed by atoms with Crippen molar-refractivity contribution in [2.24, 2.45) is 0 Å². The van der Waals surface area contributed by atoms with E-state index in [-0.39, 0.29) is 5.24 Å². The third-order valence-corrected chi connectivity index (χ3v) is 6.13. The number of halogens is 2. The van der Waals surface area contributed by atoms with Crippen LogP contribution in [-0.2, 0) is 4.79 Å². The van der Waals surface area contributed by atoms with Crippen molar-refractivity contribution >= 4 is 75.0 Å². The standard InChI is InChI=1S/C18H11Cl2N3O2S2/c1-26-17-21-12-7-10(19)11(20)8-14(12)23(17)13-5-3-2-4-9(13)6-15-16(24)22-18(25)27-15/h2-8H,1H3,(H,22,24,25). The van der Waals surface area contributed by atoms with Gasteiger partial charge in [0.15, 0.2) is 5.16 Å². The fourth-order valence-corrected chi connectivity index (χ4v) is 4.35. The minimum atomic E-state index is -0.393. The summed E-state index contributed by atoms with van der Waals surface area (Å²) in [5, 5.41) is 3.53. The molecule has 1 saturated heterocycles. The average Bonchev–Trinajstić information content (AvgIpc) is 3.15. The molecule has 1 aliphatic rings. The Balaban J connectivity index is 1.95. The van der Waals surface area contributed by atoms with E-state index in [0.717, 1.165) is 39.2 Å². The molecule has 1 aliphatic heterocycles. The Morgan fingerprint density at radius 2 is 1.93 bits per heavy atom. The maximum absolute atomic E-state index is 11.9. The summed E-state index contributed by atoms with van der Waals surface area (Å²) in [7, 11) is 0. The molecule has 0 unspecified atom stereocenters. The van der Waals surface area contributed by atoms with Crippen LogP contribution >= 0.6 is 46.7 Å². The van der Waals surface area contributed by atoms with Gasteiger partial charge in [0.05, 0.1) is 31.7 Å². The summed E-state index contributed by atoms with van der Waals surface area (Å²) >= 11 is 14.7. The second kappa shape index (κ2) is 7.24. The Morgan fingerprint density at radius 3 is 2.63 bits per heavy atom. The predicted molar refractivity (Wildman–Crippen MR) is 112 cm³/mol. The van der Waals surface area contributed by atoms with Crippen LogP contribution in [0.25, 0.3) is 22.8 Å². The highest BCUT2D eigenvalue weighted by Crippen LogP contribution is 2.35. The Bertz CT molecular complexity index is 1140. The second-order valence-corrected chi connectivity index (χ2v) is 8.20. The average molecular weight is 436 g/mol.